The maximum absolute atomic E-state index is 13.9. The summed E-state index contributed by atoms with van der Waals surface area (Å²) in [6.45, 7) is 5.46. The summed E-state index contributed by atoms with van der Waals surface area (Å²) in [4.78, 5) is 28.8. The third kappa shape index (κ3) is 2.96. The van der Waals surface area contributed by atoms with Gasteiger partial charge in [0.25, 0.3) is 0 Å². The largest absolute Gasteiger partial charge is 0.457 e. The molecule has 2 aromatic carbocycles. The molecule has 0 saturated heterocycles. The molecule has 1 spiro atoms. The van der Waals surface area contributed by atoms with Crippen LogP contribution >= 0.6 is 0 Å². The van der Waals surface area contributed by atoms with E-state index in [0.29, 0.717) is 11.3 Å². The molecule has 2 aromatic rings. The zero-order chi connectivity index (χ0) is 22.9. The average molecular weight is 427 g/mol. The van der Waals surface area contributed by atoms with E-state index in [-0.39, 0.29) is 35.9 Å². The van der Waals surface area contributed by atoms with Crippen LogP contribution in [0.3, 0.4) is 0 Å². The number of anilines is 1. The summed E-state index contributed by atoms with van der Waals surface area (Å²) in [7, 11) is 0. The predicted octanol–water partition coefficient (Wildman–Crippen LogP) is 3.20. The molecule has 0 radical (unpaired) electrons. The molecule has 0 aliphatic carbocycles. The van der Waals surface area contributed by atoms with Crippen LogP contribution in [0, 0.1) is 11.3 Å². The monoisotopic (exact) mass is 427 g/mol. The van der Waals surface area contributed by atoms with Crippen molar-refractivity contribution in [3.8, 4) is 6.07 Å². The van der Waals surface area contributed by atoms with E-state index in [1.54, 1.807) is 30.3 Å². The third-order valence-electron chi connectivity index (χ3n) is 5.62. The number of carbonyl (C=O) groups is 2. The van der Waals surface area contributed by atoms with E-state index in [1.165, 1.54) is 11.8 Å². The van der Waals surface area contributed by atoms with Crippen LogP contribution in [0.1, 0.15) is 18.1 Å². The van der Waals surface area contributed by atoms with Gasteiger partial charge in [-0.1, -0.05) is 54.6 Å². The first-order valence-corrected chi connectivity index (χ1v) is 9.99. The number of esters is 1. The normalized spacial score (nSPS) is 19.5. The van der Waals surface area contributed by atoms with Crippen molar-refractivity contribution < 1.29 is 19.1 Å². The number of nitriles is 1. The molecule has 0 saturated carbocycles. The average Bonchev–Trinajstić information content (AvgIpc) is 3.02. The molecule has 32 heavy (non-hydrogen) atoms. The Labute approximate surface area is 185 Å². The van der Waals surface area contributed by atoms with Crippen LogP contribution in [0.25, 0.3) is 0 Å². The summed E-state index contributed by atoms with van der Waals surface area (Å²) >= 11 is 0. The molecule has 0 aromatic heterocycles. The second kappa shape index (κ2) is 8.08. The number of carbonyl (C=O) groups excluding carboxylic acids is 2. The lowest BCUT2D eigenvalue weighted by Crippen LogP contribution is -2.48. The smallest absolute Gasteiger partial charge is 0.339 e. The van der Waals surface area contributed by atoms with Crippen LogP contribution in [-0.4, -0.2) is 18.4 Å². The number of hydrogen-bond acceptors (Lipinski definition) is 6. The highest BCUT2D eigenvalue weighted by atomic mass is 16.5. The Morgan fingerprint density at radius 1 is 1.25 bits per heavy atom. The minimum absolute atomic E-state index is 0.000173. The second-order valence-electron chi connectivity index (χ2n) is 7.42. The van der Waals surface area contributed by atoms with E-state index in [9.17, 15) is 14.9 Å². The van der Waals surface area contributed by atoms with Crippen molar-refractivity contribution in [1.82, 2.24) is 0 Å². The lowest BCUT2D eigenvalue weighted by atomic mass is 9.68. The third-order valence-corrected chi connectivity index (χ3v) is 5.62. The number of ether oxygens (including phenoxy) is 2. The molecule has 7 nitrogen and oxygen atoms in total. The summed E-state index contributed by atoms with van der Waals surface area (Å²) < 4.78 is 11.1. The Hall–Kier alpha value is -4.31. The van der Waals surface area contributed by atoms with Gasteiger partial charge in [-0.2, -0.15) is 5.26 Å². The van der Waals surface area contributed by atoms with Crippen molar-refractivity contribution in [1.29, 1.82) is 5.26 Å². The van der Waals surface area contributed by atoms with Gasteiger partial charge in [-0.05, 0) is 18.6 Å². The van der Waals surface area contributed by atoms with Gasteiger partial charge < -0.3 is 20.1 Å². The molecule has 2 N–H and O–H groups in total. The van der Waals surface area contributed by atoms with Gasteiger partial charge in [0.2, 0.25) is 11.8 Å². The van der Waals surface area contributed by atoms with E-state index in [4.69, 9.17) is 15.2 Å². The fourth-order valence-electron chi connectivity index (χ4n) is 4.32. The van der Waals surface area contributed by atoms with Crippen molar-refractivity contribution in [3.05, 3.63) is 101 Å². The SMILES string of the molecule is C=CCN1C(=O)C2(C(C#N)=C(N)OC(C)=C2C(=O)OCc2ccccc2)c2ccccc21. The first-order chi connectivity index (χ1) is 15.5. The van der Waals surface area contributed by atoms with E-state index in [0.717, 1.165) is 5.56 Å². The Balaban J connectivity index is 1.89. The molecular weight excluding hydrogens is 406 g/mol. The van der Waals surface area contributed by atoms with Crippen LogP contribution in [0.15, 0.2) is 90.0 Å². The fourth-order valence-corrected chi connectivity index (χ4v) is 4.32. The van der Waals surface area contributed by atoms with Crippen molar-refractivity contribution in [2.45, 2.75) is 18.9 Å². The van der Waals surface area contributed by atoms with Gasteiger partial charge in [0, 0.05) is 17.8 Å². The topological polar surface area (TPSA) is 106 Å². The van der Waals surface area contributed by atoms with Gasteiger partial charge >= 0.3 is 5.97 Å². The Morgan fingerprint density at radius 2 is 1.94 bits per heavy atom. The lowest BCUT2D eigenvalue weighted by molar-refractivity contribution is -0.142. The fraction of sp³-hybridized carbons (Fsp3) is 0.160. The number of benzene rings is 2. The molecule has 1 unspecified atom stereocenters. The molecule has 4 rings (SSSR count). The standard InChI is InChI=1S/C25H21N3O4/c1-3-13-28-20-12-8-7-11-18(20)25(24(28)30)19(14-26)22(27)32-16(2)21(25)23(29)31-15-17-9-5-4-6-10-17/h3-12H,1,13,15,27H2,2H3. The van der Waals surface area contributed by atoms with Gasteiger partial charge in [0.15, 0.2) is 5.41 Å². The van der Waals surface area contributed by atoms with E-state index >= 15 is 0 Å². The minimum atomic E-state index is -1.76. The van der Waals surface area contributed by atoms with Gasteiger partial charge in [0.1, 0.15) is 29.6 Å². The molecule has 1 amide bonds. The van der Waals surface area contributed by atoms with Gasteiger partial charge in [-0.15, -0.1) is 6.58 Å². The Bertz CT molecular complexity index is 1220. The van der Waals surface area contributed by atoms with Crippen molar-refractivity contribution in [2.24, 2.45) is 5.73 Å². The predicted molar refractivity (Wildman–Crippen MR) is 118 cm³/mol. The number of nitrogens with two attached hydrogens (primary N) is 1. The maximum atomic E-state index is 13.9. The molecule has 1 atom stereocenters. The first-order valence-electron chi connectivity index (χ1n) is 9.99. The molecule has 2 aliphatic rings. The molecule has 2 aliphatic heterocycles. The van der Waals surface area contributed by atoms with Gasteiger partial charge in [-0.3, -0.25) is 4.79 Å². The highest BCUT2D eigenvalue weighted by Crippen LogP contribution is 2.54. The van der Waals surface area contributed by atoms with Crippen molar-refractivity contribution in [3.63, 3.8) is 0 Å². The number of fused-ring (bicyclic) bond motifs is 2. The quantitative estimate of drug-likeness (QED) is 0.580. The summed E-state index contributed by atoms with van der Waals surface area (Å²) in [5.74, 6) is -1.33. The summed E-state index contributed by atoms with van der Waals surface area (Å²) in [6, 6.07) is 18.2. The van der Waals surface area contributed by atoms with Crippen LogP contribution < -0.4 is 10.6 Å². The van der Waals surface area contributed by atoms with E-state index < -0.39 is 17.3 Å². The van der Waals surface area contributed by atoms with Gasteiger partial charge in [0.05, 0.1) is 0 Å². The maximum Gasteiger partial charge on any atom is 0.339 e. The second-order valence-corrected chi connectivity index (χ2v) is 7.42. The van der Waals surface area contributed by atoms with Crippen molar-refractivity contribution in [2.75, 3.05) is 11.4 Å². The highest BCUT2D eigenvalue weighted by molar-refractivity contribution is 6.18. The van der Waals surface area contributed by atoms with Crippen LogP contribution in [-0.2, 0) is 31.1 Å². The van der Waals surface area contributed by atoms with Gasteiger partial charge in [-0.25, -0.2) is 4.79 Å². The number of nitrogens with zero attached hydrogens (tertiary/aromatic N) is 2. The Kier molecular flexibility index (Phi) is 5.29. The summed E-state index contributed by atoms with van der Waals surface area (Å²) in [5.41, 5.74) is 5.94. The number of rotatable bonds is 5. The number of allylic oxidation sites excluding steroid dienone is 1. The Morgan fingerprint density at radius 3 is 2.62 bits per heavy atom. The van der Waals surface area contributed by atoms with Crippen LogP contribution in [0.2, 0.25) is 0 Å². The molecular formula is C25H21N3O4. The molecule has 7 heteroatoms. The molecule has 0 fully saturated rings. The van der Waals surface area contributed by atoms with Crippen LogP contribution in [0.5, 0.6) is 0 Å². The van der Waals surface area contributed by atoms with E-state index in [1.807, 2.05) is 36.4 Å². The summed E-state index contributed by atoms with van der Waals surface area (Å²) in [5, 5.41) is 10.0. The van der Waals surface area contributed by atoms with Crippen LogP contribution in [0.4, 0.5) is 5.69 Å². The zero-order valence-corrected chi connectivity index (χ0v) is 17.5. The number of amides is 1. The number of para-hydroxylation sites is 1. The number of hydrogen-bond donors (Lipinski definition) is 1. The summed E-state index contributed by atoms with van der Waals surface area (Å²) in [6.07, 6.45) is 1.58. The van der Waals surface area contributed by atoms with E-state index in [2.05, 4.69) is 6.58 Å². The molecule has 160 valence electrons. The lowest BCUT2D eigenvalue weighted by Gasteiger charge is -2.34. The minimum Gasteiger partial charge on any atom is -0.457 e. The first kappa shape index (κ1) is 20.9. The molecule has 2 heterocycles. The molecule has 0 bridgehead atoms. The zero-order valence-electron chi connectivity index (χ0n) is 17.5. The highest BCUT2D eigenvalue weighted by Gasteiger charge is 2.61. The van der Waals surface area contributed by atoms with Crippen molar-refractivity contribution >= 4 is 17.6 Å².